The molecule has 136 valence electrons. The number of benzene rings is 4. The zero-order chi connectivity index (χ0) is 19.7. The molecule has 0 aromatic heterocycles. The first-order valence-electron chi connectivity index (χ1n) is 9.40. The van der Waals surface area contributed by atoms with Crippen molar-refractivity contribution >= 4 is 26.7 Å². The Balaban J connectivity index is 1.97. The van der Waals surface area contributed by atoms with Gasteiger partial charge in [-0.1, -0.05) is 84.4 Å². The van der Waals surface area contributed by atoms with Crippen LogP contribution in [0.2, 0.25) is 0 Å². The van der Waals surface area contributed by atoms with Gasteiger partial charge in [0.15, 0.2) is 0 Å². The van der Waals surface area contributed by atoms with Crippen LogP contribution in [-0.4, -0.2) is 0 Å². The van der Waals surface area contributed by atoms with Gasteiger partial charge in [-0.2, -0.15) is 5.26 Å². The lowest BCUT2D eigenvalue weighted by molar-refractivity contribution is 0.869. The van der Waals surface area contributed by atoms with E-state index < -0.39 is 0 Å². The molecule has 0 saturated heterocycles. The van der Waals surface area contributed by atoms with Crippen molar-refractivity contribution in [2.24, 2.45) is 0 Å². The fourth-order valence-electron chi connectivity index (χ4n) is 3.78. The van der Waals surface area contributed by atoms with Crippen LogP contribution in [0, 0.1) is 11.3 Å². The highest BCUT2D eigenvalue weighted by molar-refractivity contribution is 9.10. The van der Waals surface area contributed by atoms with Gasteiger partial charge in [0, 0.05) is 9.86 Å². The fraction of sp³-hybridized carbons (Fsp3) is 0.115. The third kappa shape index (κ3) is 3.35. The molecule has 1 nitrogen and oxygen atoms in total. The molecule has 4 rings (SSSR count). The van der Waals surface area contributed by atoms with Crippen LogP contribution in [0.4, 0.5) is 0 Å². The van der Waals surface area contributed by atoms with Crippen molar-refractivity contribution in [1.29, 1.82) is 5.26 Å². The Bertz CT molecular complexity index is 1210. The number of fused-ring (bicyclic) bond motifs is 1. The second-order valence-corrected chi connectivity index (χ2v) is 8.20. The maximum atomic E-state index is 9.46. The molecule has 4 aromatic carbocycles. The SMILES string of the molecule is CC(C)c1ccc(-c2ccc(C#N)c3ccccc23)cc1-c1cccc(Br)c1. The summed E-state index contributed by atoms with van der Waals surface area (Å²) in [7, 11) is 0. The minimum Gasteiger partial charge on any atom is -0.192 e. The summed E-state index contributed by atoms with van der Waals surface area (Å²) in [6.07, 6.45) is 0. The highest BCUT2D eigenvalue weighted by atomic mass is 79.9. The summed E-state index contributed by atoms with van der Waals surface area (Å²) in [5.74, 6) is 0.431. The van der Waals surface area contributed by atoms with Gasteiger partial charge in [0.2, 0.25) is 0 Å². The Morgan fingerprint density at radius 2 is 1.50 bits per heavy atom. The Labute approximate surface area is 174 Å². The minimum atomic E-state index is 0.431. The fourth-order valence-corrected chi connectivity index (χ4v) is 4.18. The van der Waals surface area contributed by atoms with Gasteiger partial charge in [-0.3, -0.25) is 0 Å². The van der Waals surface area contributed by atoms with E-state index in [2.05, 4.69) is 90.4 Å². The number of rotatable bonds is 3. The second-order valence-electron chi connectivity index (χ2n) is 7.29. The van der Waals surface area contributed by atoms with E-state index in [1.54, 1.807) is 0 Å². The smallest absolute Gasteiger partial charge is 0.0998 e. The first-order chi connectivity index (χ1) is 13.6. The van der Waals surface area contributed by atoms with Gasteiger partial charge >= 0.3 is 0 Å². The summed E-state index contributed by atoms with van der Waals surface area (Å²) >= 11 is 3.60. The predicted octanol–water partition coefficient (Wildman–Crippen LogP) is 7.93. The summed E-state index contributed by atoms with van der Waals surface area (Å²) < 4.78 is 1.08. The number of nitriles is 1. The molecule has 0 aliphatic rings. The van der Waals surface area contributed by atoms with Gasteiger partial charge in [-0.05, 0) is 63.4 Å². The van der Waals surface area contributed by atoms with E-state index in [1.807, 2.05) is 24.3 Å². The molecule has 0 fully saturated rings. The lowest BCUT2D eigenvalue weighted by Crippen LogP contribution is -1.94. The lowest BCUT2D eigenvalue weighted by atomic mass is 9.88. The van der Waals surface area contributed by atoms with Gasteiger partial charge in [0.1, 0.15) is 0 Å². The molecule has 0 aliphatic heterocycles. The molecule has 0 N–H and O–H groups in total. The molecule has 0 atom stereocenters. The minimum absolute atomic E-state index is 0.431. The van der Waals surface area contributed by atoms with E-state index in [0.29, 0.717) is 11.5 Å². The highest BCUT2D eigenvalue weighted by Gasteiger charge is 2.13. The molecule has 0 heterocycles. The maximum absolute atomic E-state index is 9.46. The molecule has 0 spiro atoms. The van der Waals surface area contributed by atoms with Crippen LogP contribution in [0.5, 0.6) is 0 Å². The number of nitrogens with zero attached hydrogens (tertiary/aromatic N) is 1. The van der Waals surface area contributed by atoms with Crippen molar-refractivity contribution in [3.8, 4) is 28.3 Å². The van der Waals surface area contributed by atoms with Crippen LogP contribution in [0.1, 0.15) is 30.9 Å². The van der Waals surface area contributed by atoms with Gasteiger partial charge in [-0.25, -0.2) is 0 Å². The summed E-state index contributed by atoms with van der Waals surface area (Å²) in [5, 5.41) is 11.6. The van der Waals surface area contributed by atoms with Crippen molar-refractivity contribution in [2.75, 3.05) is 0 Å². The van der Waals surface area contributed by atoms with Crippen molar-refractivity contribution < 1.29 is 0 Å². The predicted molar refractivity (Wildman–Crippen MR) is 121 cm³/mol. The maximum Gasteiger partial charge on any atom is 0.0998 e. The quantitative estimate of drug-likeness (QED) is 0.326. The van der Waals surface area contributed by atoms with Gasteiger partial charge in [0.05, 0.1) is 11.6 Å². The van der Waals surface area contributed by atoms with E-state index in [-0.39, 0.29) is 0 Å². The van der Waals surface area contributed by atoms with Crippen molar-refractivity contribution in [3.05, 3.63) is 94.5 Å². The van der Waals surface area contributed by atoms with Crippen molar-refractivity contribution in [3.63, 3.8) is 0 Å². The monoisotopic (exact) mass is 425 g/mol. The third-order valence-corrected chi connectivity index (χ3v) is 5.66. The van der Waals surface area contributed by atoms with Crippen molar-refractivity contribution in [1.82, 2.24) is 0 Å². The normalized spacial score (nSPS) is 11.0. The molecule has 2 heteroatoms. The molecule has 0 saturated carbocycles. The first-order valence-corrected chi connectivity index (χ1v) is 10.2. The third-order valence-electron chi connectivity index (χ3n) is 5.17. The van der Waals surface area contributed by atoms with E-state index >= 15 is 0 Å². The van der Waals surface area contributed by atoms with Gasteiger partial charge in [-0.15, -0.1) is 0 Å². The van der Waals surface area contributed by atoms with E-state index in [1.165, 1.54) is 22.3 Å². The van der Waals surface area contributed by atoms with Crippen LogP contribution in [0.3, 0.4) is 0 Å². The summed E-state index contributed by atoms with van der Waals surface area (Å²) in [6.45, 7) is 4.46. The number of hydrogen-bond donors (Lipinski definition) is 0. The lowest BCUT2D eigenvalue weighted by Gasteiger charge is -2.16. The van der Waals surface area contributed by atoms with Crippen LogP contribution in [0.25, 0.3) is 33.0 Å². The molecule has 0 bridgehead atoms. The topological polar surface area (TPSA) is 23.8 Å². The zero-order valence-corrected chi connectivity index (χ0v) is 17.5. The van der Waals surface area contributed by atoms with E-state index in [4.69, 9.17) is 0 Å². The Morgan fingerprint density at radius 1 is 0.750 bits per heavy atom. The highest BCUT2D eigenvalue weighted by Crippen LogP contribution is 2.37. The Morgan fingerprint density at radius 3 is 2.21 bits per heavy atom. The molecule has 4 aromatic rings. The van der Waals surface area contributed by atoms with Gasteiger partial charge < -0.3 is 0 Å². The van der Waals surface area contributed by atoms with Crippen LogP contribution >= 0.6 is 15.9 Å². The average Bonchev–Trinajstić information content (AvgIpc) is 2.72. The Hall–Kier alpha value is -2.89. The summed E-state index contributed by atoms with van der Waals surface area (Å²) in [5.41, 5.74) is 6.83. The Kier molecular flexibility index (Phi) is 5.03. The van der Waals surface area contributed by atoms with Crippen LogP contribution in [-0.2, 0) is 0 Å². The standard InChI is InChI=1S/C26H20BrN/c1-17(2)22-12-10-19(15-26(22)18-6-5-7-21(27)14-18)24-13-11-20(16-28)23-8-3-4-9-25(23)24/h3-15,17H,1-2H3. The molecular weight excluding hydrogens is 406 g/mol. The molecule has 28 heavy (non-hydrogen) atoms. The molecule has 0 radical (unpaired) electrons. The summed E-state index contributed by atoms with van der Waals surface area (Å²) in [6, 6.07) is 29.6. The van der Waals surface area contributed by atoms with Gasteiger partial charge in [0.25, 0.3) is 0 Å². The number of halogens is 1. The largest absolute Gasteiger partial charge is 0.192 e. The molecule has 0 amide bonds. The molecule has 0 aliphatic carbocycles. The summed E-state index contributed by atoms with van der Waals surface area (Å²) in [4.78, 5) is 0. The molecule has 0 unspecified atom stereocenters. The van der Waals surface area contributed by atoms with Crippen LogP contribution in [0.15, 0.2) is 83.3 Å². The van der Waals surface area contributed by atoms with Crippen LogP contribution < -0.4 is 0 Å². The second kappa shape index (κ2) is 7.62. The molecular formula is C26H20BrN. The van der Waals surface area contributed by atoms with E-state index in [9.17, 15) is 5.26 Å². The average molecular weight is 426 g/mol. The zero-order valence-electron chi connectivity index (χ0n) is 15.9. The van der Waals surface area contributed by atoms with Crippen molar-refractivity contribution in [2.45, 2.75) is 19.8 Å². The first kappa shape index (κ1) is 18.5. The number of hydrogen-bond acceptors (Lipinski definition) is 1. The van der Waals surface area contributed by atoms with E-state index in [0.717, 1.165) is 20.8 Å².